The Morgan fingerprint density at radius 1 is 1.33 bits per heavy atom. The SMILES string of the molecule is COc1cc(C#N)ccc1NCc1ccccc1C(N)=O. The van der Waals surface area contributed by atoms with Gasteiger partial charge in [-0.15, -0.1) is 0 Å². The number of ether oxygens (including phenoxy) is 1. The lowest BCUT2D eigenvalue weighted by molar-refractivity contribution is 0.0999. The minimum absolute atomic E-state index is 0.432. The van der Waals surface area contributed by atoms with E-state index in [1.54, 1.807) is 37.4 Å². The van der Waals surface area contributed by atoms with E-state index in [4.69, 9.17) is 15.7 Å². The zero-order valence-corrected chi connectivity index (χ0v) is 11.6. The molecule has 0 unspecified atom stereocenters. The van der Waals surface area contributed by atoms with Gasteiger partial charge >= 0.3 is 0 Å². The van der Waals surface area contributed by atoms with Gasteiger partial charge in [0.05, 0.1) is 24.4 Å². The van der Waals surface area contributed by atoms with Crippen molar-refractivity contribution in [3.05, 3.63) is 59.2 Å². The monoisotopic (exact) mass is 281 g/mol. The number of hydrogen-bond donors (Lipinski definition) is 2. The topological polar surface area (TPSA) is 88.1 Å². The Hall–Kier alpha value is -3.00. The number of nitrogens with zero attached hydrogens (tertiary/aromatic N) is 1. The average molecular weight is 281 g/mol. The Labute approximate surface area is 123 Å². The van der Waals surface area contributed by atoms with Crippen LogP contribution in [0.2, 0.25) is 0 Å². The number of nitrogens with two attached hydrogens (primary N) is 1. The molecule has 0 heterocycles. The van der Waals surface area contributed by atoms with Crippen LogP contribution in [0.3, 0.4) is 0 Å². The van der Waals surface area contributed by atoms with Crippen LogP contribution in [-0.2, 0) is 6.54 Å². The first-order valence-corrected chi connectivity index (χ1v) is 6.35. The third-order valence-electron chi connectivity index (χ3n) is 3.08. The molecule has 0 aliphatic carbocycles. The van der Waals surface area contributed by atoms with Crippen LogP contribution >= 0.6 is 0 Å². The molecule has 0 saturated heterocycles. The van der Waals surface area contributed by atoms with Crippen LogP contribution in [0.1, 0.15) is 21.5 Å². The van der Waals surface area contributed by atoms with Crippen molar-refractivity contribution in [2.24, 2.45) is 5.73 Å². The van der Waals surface area contributed by atoms with Crippen molar-refractivity contribution in [1.82, 2.24) is 0 Å². The molecule has 0 aromatic heterocycles. The van der Waals surface area contributed by atoms with E-state index < -0.39 is 5.91 Å². The van der Waals surface area contributed by atoms with Crippen LogP contribution < -0.4 is 15.8 Å². The van der Waals surface area contributed by atoms with E-state index in [1.807, 2.05) is 12.1 Å². The smallest absolute Gasteiger partial charge is 0.249 e. The van der Waals surface area contributed by atoms with E-state index in [-0.39, 0.29) is 0 Å². The Morgan fingerprint density at radius 3 is 2.76 bits per heavy atom. The number of benzene rings is 2. The number of nitrogens with one attached hydrogen (secondary N) is 1. The first kappa shape index (κ1) is 14.4. The first-order chi connectivity index (χ1) is 10.2. The van der Waals surface area contributed by atoms with Gasteiger partial charge in [0.15, 0.2) is 0 Å². The van der Waals surface area contributed by atoms with Gasteiger partial charge in [0, 0.05) is 18.2 Å². The minimum atomic E-state index is -0.459. The standard InChI is InChI=1S/C16H15N3O2/c1-21-15-8-11(9-17)6-7-14(15)19-10-12-4-2-3-5-13(12)16(18)20/h2-8,19H,10H2,1H3,(H2,18,20). The summed E-state index contributed by atoms with van der Waals surface area (Å²) in [5.74, 6) is 0.116. The van der Waals surface area contributed by atoms with Gasteiger partial charge < -0.3 is 15.8 Å². The predicted molar refractivity (Wildman–Crippen MR) is 80.0 cm³/mol. The third-order valence-corrected chi connectivity index (χ3v) is 3.08. The Morgan fingerprint density at radius 2 is 2.10 bits per heavy atom. The van der Waals surface area contributed by atoms with Crippen LogP contribution in [0.15, 0.2) is 42.5 Å². The highest BCUT2D eigenvalue weighted by molar-refractivity contribution is 5.94. The molecule has 0 spiro atoms. The van der Waals surface area contributed by atoms with Gasteiger partial charge in [-0.1, -0.05) is 18.2 Å². The van der Waals surface area contributed by atoms with Gasteiger partial charge in [-0.05, 0) is 23.8 Å². The van der Waals surface area contributed by atoms with Crippen LogP contribution in [-0.4, -0.2) is 13.0 Å². The van der Waals surface area contributed by atoms with Crippen LogP contribution in [0.5, 0.6) is 5.75 Å². The molecule has 2 rings (SSSR count). The molecule has 2 aromatic carbocycles. The molecule has 0 aliphatic rings. The molecule has 3 N–H and O–H groups in total. The van der Waals surface area contributed by atoms with Gasteiger partial charge in [0.1, 0.15) is 5.75 Å². The highest BCUT2D eigenvalue weighted by Crippen LogP contribution is 2.26. The number of nitriles is 1. The van der Waals surface area contributed by atoms with E-state index in [1.165, 1.54) is 0 Å². The van der Waals surface area contributed by atoms with Crippen LogP contribution in [0.4, 0.5) is 5.69 Å². The fourth-order valence-corrected chi connectivity index (χ4v) is 2.01. The highest BCUT2D eigenvalue weighted by Gasteiger charge is 2.08. The summed E-state index contributed by atoms with van der Waals surface area (Å²) in [6.45, 7) is 0.432. The summed E-state index contributed by atoms with van der Waals surface area (Å²) in [5.41, 5.74) is 7.91. The second kappa shape index (κ2) is 6.44. The van der Waals surface area contributed by atoms with E-state index in [0.29, 0.717) is 23.4 Å². The Kier molecular flexibility index (Phi) is 4.42. The summed E-state index contributed by atoms with van der Waals surface area (Å²) in [7, 11) is 1.54. The quantitative estimate of drug-likeness (QED) is 0.880. The zero-order chi connectivity index (χ0) is 15.2. The van der Waals surface area contributed by atoms with Crippen molar-refractivity contribution >= 4 is 11.6 Å². The summed E-state index contributed by atoms with van der Waals surface area (Å²) < 4.78 is 5.25. The number of amides is 1. The number of hydrogen-bond acceptors (Lipinski definition) is 4. The Balaban J connectivity index is 2.21. The summed E-state index contributed by atoms with van der Waals surface area (Å²) in [4.78, 5) is 11.4. The fourth-order valence-electron chi connectivity index (χ4n) is 2.01. The molecular formula is C16H15N3O2. The lowest BCUT2D eigenvalue weighted by Gasteiger charge is -2.13. The largest absolute Gasteiger partial charge is 0.495 e. The average Bonchev–Trinajstić information content (AvgIpc) is 2.52. The van der Waals surface area contributed by atoms with Crippen molar-refractivity contribution < 1.29 is 9.53 Å². The van der Waals surface area contributed by atoms with Gasteiger partial charge in [-0.3, -0.25) is 4.79 Å². The number of carbonyl (C=O) groups excluding carboxylic acids is 1. The number of primary amides is 1. The molecule has 0 fully saturated rings. The molecule has 0 atom stereocenters. The molecule has 21 heavy (non-hydrogen) atoms. The summed E-state index contributed by atoms with van der Waals surface area (Å²) >= 11 is 0. The van der Waals surface area contributed by atoms with Gasteiger partial charge in [0.25, 0.3) is 0 Å². The summed E-state index contributed by atoms with van der Waals surface area (Å²) in [6, 6.07) is 14.3. The minimum Gasteiger partial charge on any atom is -0.495 e. The van der Waals surface area contributed by atoms with Crippen molar-refractivity contribution in [2.45, 2.75) is 6.54 Å². The second-order valence-corrected chi connectivity index (χ2v) is 4.40. The van der Waals surface area contributed by atoms with E-state index >= 15 is 0 Å². The van der Waals surface area contributed by atoms with E-state index in [9.17, 15) is 4.79 Å². The van der Waals surface area contributed by atoms with Crippen LogP contribution in [0, 0.1) is 11.3 Å². The number of carbonyl (C=O) groups is 1. The maximum Gasteiger partial charge on any atom is 0.249 e. The van der Waals surface area contributed by atoms with Gasteiger partial charge in [-0.25, -0.2) is 0 Å². The maximum absolute atomic E-state index is 11.4. The fraction of sp³-hybridized carbons (Fsp3) is 0.125. The zero-order valence-electron chi connectivity index (χ0n) is 11.6. The number of anilines is 1. The lowest BCUT2D eigenvalue weighted by atomic mass is 10.1. The number of rotatable bonds is 5. The number of methoxy groups -OCH3 is 1. The molecule has 2 aromatic rings. The molecule has 0 saturated carbocycles. The predicted octanol–water partition coefficient (Wildman–Crippen LogP) is 2.28. The molecule has 1 amide bonds. The second-order valence-electron chi connectivity index (χ2n) is 4.40. The molecule has 5 nitrogen and oxygen atoms in total. The van der Waals surface area contributed by atoms with Crippen molar-refractivity contribution in [3.63, 3.8) is 0 Å². The van der Waals surface area contributed by atoms with Crippen molar-refractivity contribution in [1.29, 1.82) is 5.26 Å². The summed E-state index contributed by atoms with van der Waals surface area (Å²) in [6.07, 6.45) is 0. The molecule has 0 bridgehead atoms. The molecule has 0 aliphatic heterocycles. The first-order valence-electron chi connectivity index (χ1n) is 6.35. The Bertz CT molecular complexity index is 705. The van der Waals surface area contributed by atoms with Gasteiger partial charge in [-0.2, -0.15) is 5.26 Å². The van der Waals surface area contributed by atoms with E-state index in [0.717, 1.165) is 11.3 Å². The maximum atomic E-state index is 11.4. The van der Waals surface area contributed by atoms with E-state index in [2.05, 4.69) is 11.4 Å². The third kappa shape index (κ3) is 3.31. The lowest BCUT2D eigenvalue weighted by Crippen LogP contribution is -2.15. The molecule has 0 radical (unpaired) electrons. The molecular weight excluding hydrogens is 266 g/mol. The van der Waals surface area contributed by atoms with Gasteiger partial charge in [0.2, 0.25) is 5.91 Å². The van der Waals surface area contributed by atoms with Crippen LogP contribution in [0.25, 0.3) is 0 Å². The summed E-state index contributed by atoms with van der Waals surface area (Å²) in [5, 5.41) is 12.1. The molecule has 5 heteroatoms. The van der Waals surface area contributed by atoms with Crippen molar-refractivity contribution in [2.75, 3.05) is 12.4 Å². The molecule has 106 valence electrons. The van der Waals surface area contributed by atoms with Crippen molar-refractivity contribution in [3.8, 4) is 11.8 Å². The normalized spacial score (nSPS) is 9.71. The highest BCUT2D eigenvalue weighted by atomic mass is 16.5.